The van der Waals surface area contributed by atoms with Gasteiger partial charge in [0.2, 0.25) is 11.8 Å². The minimum atomic E-state index is -0.0300. The van der Waals surface area contributed by atoms with E-state index in [1.807, 2.05) is 18.2 Å². The van der Waals surface area contributed by atoms with Crippen LogP contribution in [0.15, 0.2) is 18.2 Å². The SMILES string of the molecule is COCC(=O)N1CCC(C(=O)NCC2COc3cc(OC)ccc3C2)CC1. The first-order chi connectivity index (χ1) is 13.1. The normalized spacial score (nSPS) is 19.8. The molecule has 0 aromatic heterocycles. The van der Waals surface area contributed by atoms with Crippen LogP contribution in [0.2, 0.25) is 0 Å². The Labute approximate surface area is 160 Å². The summed E-state index contributed by atoms with van der Waals surface area (Å²) in [6.45, 7) is 2.52. The first-order valence-corrected chi connectivity index (χ1v) is 9.45. The summed E-state index contributed by atoms with van der Waals surface area (Å²) in [5, 5.41) is 3.07. The number of carbonyl (C=O) groups is 2. The molecule has 2 heterocycles. The van der Waals surface area contributed by atoms with Crippen molar-refractivity contribution in [1.82, 2.24) is 10.2 Å². The van der Waals surface area contributed by atoms with Crippen LogP contribution in [0.4, 0.5) is 0 Å². The second kappa shape index (κ2) is 9.08. The Kier molecular flexibility index (Phi) is 6.55. The van der Waals surface area contributed by atoms with Crippen molar-refractivity contribution in [2.24, 2.45) is 11.8 Å². The number of methoxy groups -OCH3 is 2. The average molecular weight is 376 g/mol. The summed E-state index contributed by atoms with van der Waals surface area (Å²) >= 11 is 0. The molecule has 1 unspecified atom stereocenters. The largest absolute Gasteiger partial charge is 0.497 e. The first-order valence-electron chi connectivity index (χ1n) is 9.45. The molecule has 3 rings (SSSR count). The van der Waals surface area contributed by atoms with E-state index in [-0.39, 0.29) is 30.3 Å². The number of nitrogens with one attached hydrogen (secondary N) is 1. The molecule has 1 N–H and O–H groups in total. The molecular formula is C20H28N2O5. The van der Waals surface area contributed by atoms with Gasteiger partial charge in [0.05, 0.1) is 13.7 Å². The van der Waals surface area contributed by atoms with E-state index < -0.39 is 0 Å². The number of rotatable bonds is 6. The van der Waals surface area contributed by atoms with Crippen molar-refractivity contribution in [3.63, 3.8) is 0 Å². The molecular weight excluding hydrogens is 348 g/mol. The summed E-state index contributed by atoms with van der Waals surface area (Å²) in [6.07, 6.45) is 2.28. The molecule has 7 heteroatoms. The highest BCUT2D eigenvalue weighted by atomic mass is 16.5. The topological polar surface area (TPSA) is 77.1 Å². The van der Waals surface area contributed by atoms with Crippen molar-refractivity contribution in [3.05, 3.63) is 23.8 Å². The van der Waals surface area contributed by atoms with E-state index in [2.05, 4.69) is 5.32 Å². The molecule has 27 heavy (non-hydrogen) atoms. The molecule has 1 fully saturated rings. The van der Waals surface area contributed by atoms with E-state index in [1.165, 1.54) is 7.11 Å². The lowest BCUT2D eigenvalue weighted by atomic mass is 9.94. The highest BCUT2D eigenvalue weighted by molar-refractivity contribution is 5.80. The fourth-order valence-electron chi connectivity index (χ4n) is 3.67. The van der Waals surface area contributed by atoms with E-state index in [0.717, 1.165) is 23.5 Å². The summed E-state index contributed by atoms with van der Waals surface area (Å²) in [7, 11) is 3.16. The van der Waals surface area contributed by atoms with Crippen molar-refractivity contribution < 1.29 is 23.8 Å². The number of amides is 2. The summed E-state index contributed by atoms with van der Waals surface area (Å²) in [5.74, 6) is 1.96. The number of fused-ring (bicyclic) bond motifs is 1. The highest BCUT2D eigenvalue weighted by Gasteiger charge is 2.28. The van der Waals surface area contributed by atoms with Crippen LogP contribution in [0.25, 0.3) is 0 Å². The summed E-state index contributed by atoms with van der Waals surface area (Å²) in [4.78, 5) is 26.1. The lowest BCUT2D eigenvalue weighted by Gasteiger charge is -2.32. The Morgan fingerprint density at radius 3 is 2.74 bits per heavy atom. The molecule has 0 radical (unpaired) electrons. The summed E-state index contributed by atoms with van der Waals surface area (Å²) in [6, 6.07) is 5.86. The molecule has 2 aliphatic rings. The Balaban J connectivity index is 1.43. The minimum absolute atomic E-state index is 0.00833. The number of hydrogen-bond donors (Lipinski definition) is 1. The van der Waals surface area contributed by atoms with Crippen LogP contribution in [-0.2, 0) is 20.7 Å². The zero-order valence-corrected chi connectivity index (χ0v) is 16.0. The summed E-state index contributed by atoms with van der Waals surface area (Å²) < 4.78 is 15.9. The number of likely N-dealkylation sites (tertiary alicyclic amines) is 1. The van der Waals surface area contributed by atoms with E-state index in [0.29, 0.717) is 39.1 Å². The van der Waals surface area contributed by atoms with Crippen molar-refractivity contribution in [2.75, 3.05) is 47.1 Å². The third-order valence-corrected chi connectivity index (χ3v) is 5.31. The van der Waals surface area contributed by atoms with Crippen molar-refractivity contribution >= 4 is 11.8 Å². The maximum atomic E-state index is 12.5. The van der Waals surface area contributed by atoms with Gasteiger partial charge in [-0.25, -0.2) is 0 Å². The van der Waals surface area contributed by atoms with Crippen LogP contribution in [0, 0.1) is 11.8 Å². The van der Waals surface area contributed by atoms with Crippen LogP contribution < -0.4 is 14.8 Å². The number of nitrogens with zero attached hydrogens (tertiary/aromatic N) is 1. The fourth-order valence-corrected chi connectivity index (χ4v) is 3.67. The highest BCUT2D eigenvalue weighted by Crippen LogP contribution is 2.30. The van der Waals surface area contributed by atoms with Crippen LogP contribution in [0.3, 0.4) is 0 Å². The second-order valence-corrected chi connectivity index (χ2v) is 7.19. The maximum Gasteiger partial charge on any atom is 0.248 e. The quantitative estimate of drug-likeness (QED) is 0.809. The zero-order valence-electron chi connectivity index (χ0n) is 16.0. The Hall–Kier alpha value is -2.28. The Bertz CT molecular complexity index is 670. The van der Waals surface area contributed by atoms with E-state index >= 15 is 0 Å². The molecule has 0 spiro atoms. The third kappa shape index (κ3) is 4.91. The molecule has 1 aromatic carbocycles. The zero-order chi connectivity index (χ0) is 19.2. The smallest absolute Gasteiger partial charge is 0.248 e. The van der Waals surface area contributed by atoms with Crippen molar-refractivity contribution in [2.45, 2.75) is 19.3 Å². The van der Waals surface area contributed by atoms with Gasteiger partial charge < -0.3 is 24.4 Å². The van der Waals surface area contributed by atoms with Gasteiger partial charge in [0, 0.05) is 44.6 Å². The molecule has 2 aliphatic heterocycles. The van der Waals surface area contributed by atoms with Gasteiger partial charge in [-0.3, -0.25) is 9.59 Å². The molecule has 1 saturated heterocycles. The molecule has 148 valence electrons. The number of piperidine rings is 1. The Morgan fingerprint density at radius 1 is 1.26 bits per heavy atom. The standard InChI is InChI=1S/C20H28N2O5/c1-25-13-19(23)22-7-5-15(6-8-22)20(24)21-11-14-9-16-3-4-17(26-2)10-18(16)27-12-14/h3-4,10,14-15H,5-9,11-13H2,1-2H3,(H,21,24). The predicted molar refractivity (Wildman–Crippen MR) is 99.9 cm³/mol. The predicted octanol–water partition coefficient (Wildman–Crippen LogP) is 1.25. The number of benzene rings is 1. The minimum Gasteiger partial charge on any atom is -0.497 e. The van der Waals surface area contributed by atoms with Gasteiger partial charge in [0.25, 0.3) is 0 Å². The monoisotopic (exact) mass is 376 g/mol. The van der Waals surface area contributed by atoms with E-state index in [9.17, 15) is 9.59 Å². The van der Waals surface area contributed by atoms with Crippen LogP contribution >= 0.6 is 0 Å². The summed E-state index contributed by atoms with van der Waals surface area (Å²) in [5.41, 5.74) is 1.14. The van der Waals surface area contributed by atoms with Crippen molar-refractivity contribution in [3.8, 4) is 11.5 Å². The van der Waals surface area contributed by atoms with Crippen molar-refractivity contribution in [1.29, 1.82) is 0 Å². The van der Waals surface area contributed by atoms with Gasteiger partial charge in [-0.2, -0.15) is 0 Å². The molecule has 0 aliphatic carbocycles. The van der Waals surface area contributed by atoms with E-state index in [1.54, 1.807) is 12.0 Å². The third-order valence-electron chi connectivity index (χ3n) is 5.31. The molecule has 7 nitrogen and oxygen atoms in total. The Morgan fingerprint density at radius 2 is 2.04 bits per heavy atom. The van der Waals surface area contributed by atoms with Gasteiger partial charge in [0.15, 0.2) is 0 Å². The fraction of sp³-hybridized carbons (Fsp3) is 0.600. The molecule has 2 amide bonds. The van der Waals surface area contributed by atoms with Gasteiger partial charge in [-0.05, 0) is 30.9 Å². The first kappa shape index (κ1) is 19.5. The average Bonchev–Trinajstić information content (AvgIpc) is 2.71. The second-order valence-electron chi connectivity index (χ2n) is 7.19. The molecule has 0 bridgehead atoms. The van der Waals surface area contributed by atoms with Gasteiger partial charge in [0.1, 0.15) is 18.1 Å². The van der Waals surface area contributed by atoms with Crippen LogP contribution in [0.5, 0.6) is 11.5 Å². The van der Waals surface area contributed by atoms with Gasteiger partial charge in [-0.15, -0.1) is 0 Å². The lowest BCUT2D eigenvalue weighted by molar-refractivity contribution is -0.138. The molecule has 1 atom stereocenters. The maximum absolute atomic E-state index is 12.5. The van der Waals surface area contributed by atoms with Crippen LogP contribution in [0.1, 0.15) is 18.4 Å². The molecule has 0 saturated carbocycles. The van der Waals surface area contributed by atoms with E-state index in [4.69, 9.17) is 14.2 Å². The van der Waals surface area contributed by atoms with Crippen LogP contribution in [-0.4, -0.2) is 63.8 Å². The lowest BCUT2D eigenvalue weighted by Crippen LogP contribution is -2.45. The molecule has 1 aromatic rings. The number of carbonyl (C=O) groups excluding carboxylic acids is 2. The van der Waals surface area contributed by atoms with Gasteiger partial charge >= 0.3 is 0 Å². The number of hydrogen-bond acceptors (Lipinski definition) is 5. The number of ether oxygens (including phenoxy) is 3. The van der Waals surface area contributed by atoms with Gasteiger partial charge in [-0.1, -0.05) is 6.07 Å².